The van der Waals surface area contributed by atoms with Gasteiger partial charge in [-0.15, -0.1) is 0 Å². The van der Waals surface area contributed by atoms with Crippen LogP contribution in [0.1, 0.15) is 25.8 Å². The Morgan fingerprint density at radius 2 is 1.79 bits per heavy atom. The Morgan fingerprint density at radius 3 is 2.44 bits per heavy atom. The van der Waals surface area contributed by atoms with Crippen molar-refractivity contribution in [2.45, 2.75) is 51.0 Å². The van der Waals surface area contributed by atoms with Gasteiger partial charge in [-0.25, -0.2) is 9.59 Å². The average molecular weight is 539 g/mol. The van der Waals surface area contributed by atoms with Crippen LogP contribution in [0.5, 0.6) is 0 Å². The number of hydrogen-bond donors (Lipinski definition) is 2. The molecule has 2 aliphatic rings. The van der Waals surface area contributed by atoms with Crippen LogP contribution in [0.4, 0.5) is 15.3 Å². The Morgan fingerprint density at radius 1 is 1.10 bits per heavy atom. The molecule has 39 heavy (non-hydrogen) atoms. The predicted octanol–water partition coefficient (Wildman–Crippen LogP) is 2.95. The standard InChI is InChI=1S/C29H38N4O6/c1-20(2)16-32(27(34)26-18-33(29(36)39-26)22-11-7-4-8-12-22)17-24(30)25(15-21-9-5-3-6-10-21)31-28(35)38-23-13-14-37-19-23/h3-12,20,23-26H,13-19,30H2,1-2H3,(H,31,35)/t23-,24+,25-,26?/m0/s1. The number of carbonyl (C=O) groups excluding carboxylic acids is 3. The van der Waals surface area contributed by atoms with Gasteiger partial charge in [0.05, 0.1) is 25.8 Å². The summed E-state index contributed by atoms with van der Waals surface area (Å²) in [6.07, 6.45) is -1.25. The fraction of sp³-hybridized carbons (Fsp3) is 0.483. The molecule has 2 saturated heterocycles. The van der Waals surface area contributed by atoms with Crippen LogP contribution in [0.25, 0.3) is 0 Å². The topological polar surface area (TPSA) is 123 Å². The number of hydrogen-bond acceptors (Lipinski definition) is 7. The van der Waals surface area contributed by atoms with Gasteiger partial charge in [-0.2, -0.15) is 0 Å². The highest BCUT2D eigenvalue weighted by Gasteiger charge is 2.40. The highest BCUT2D eigenvalue weighted by molar-refractivity contribution is 5.95. The number of nitrogens with one attached hydrogen (secondary N) is 1. The molecule has 1 unspecified atom stereocenters. The lowest BCUT2D eigenvalue weighted by Crippen LogP contribution is -2.56. The maximum atomic E-state index is 13.6. The number of anilines is 1. The van der Waals surface area contributed by atoms with Crippen molar-refractivity contribution in [1.82, 2.24) is 10.2 Å². The Balaban J connectivity index is 1.46. The molecule has 0 bridgehead atoms. The summed E-state index contributed by atoms with van der Waals surface area (Å²) in [4.78, 5) is 42.0. The molecule has 10 nitrogen and oxygen atoms in total. The third-order valence-corrected chi connectivity index (χ3v) is 6.76. The molecule has 4 atom stereocenters. The van der Waals surface area contributed by atoms with Gasteiger partial charge in [0.1, 0.15) is 6.10 Å². The normalized spacial score (nSPS) is 20.4. The second kappa shape index (κ2) is 13.4. The van der Waals surface area contributed by atoms with Crippen molar-refractivity contribution in [2.24, 2.45) is 11.7 Å². The monoisotopic (exact) mass is 538 g/mol. The quantitative estimate of drug-likeness (QED) is 0.451. The van der Waals surface area contributed by atoms with Gasteiger partial charge in [-0.3, -0.25) is 9.69 Å². The summed E-state index contributed by atoms with van der Waals surface area (Å²) in [7, 11) is 0. The second-order valence-corrected chi connectivity index (χ2v) is 10.5. The lowest BCUT2D eigenvalue weighted by Gasteiger charge is -2.33. The molecule has 2 aromatic carbocycles. The van der Waals surface area contributed by atoms with E-state index in [-0.39, 0.29) is 31.0 Å². The highest BCUT2D eigenvalue weighted by Crippen LogP contribution is 2.23. The first-order valence-corrected chi connectivity index (χ1v) is 13.5. The molecule has 10 heteroatoms. The van der Waals surface area contributed by atoms with Crippen molar-refractivity contribution in [1.29, 1.82) is 0 Å². The number of rotatable bonds is 11. The molecule has 2 aromatic rings. The van der Waals surface area contributed by atoms with Crippen molar-refractivity contribution in [3.8, 4) is 0 Å². The van der Waals surface area contributed by atoms with E-state index in [1.807, 2.05) is 62.4 Å². The predicted molar refractivity (Wildman–Crippen MR) is 146 cm³/mol. The van der Waals surface area contributed by atoms with E-state index in [9.17, 15) is 14.4 Å². The van der Waals surface area contributed by atoms with Gasteiger partial charge in [0, 0.05) is 31.2 Å². The molecule has 0 aliphatic carbocycles. The van der Waals surface area contributed by atoms with Gasteiger partial charge in [0.15, 0.2) is 6.10 Å². The molecule has 0 aromatic heterocycles. The summed E-state index contributed by atoms with van der Waals surface area (Å²) in [5, 5.41) is 2.92. The van der Waals surface area contributed by atoms with Crippen LogP contribution in [-0.4, -0.2) is 80.1 Å². The average Bonchev–Trinajstić information content (AvgIpc) is 3.57. The SMILES string of the molecule is CC(C)CN(C[C@@H](N)[C@H](Cc1ccccc1)NC(=O)O[C@H]1CCOC1)C(=O)C1CN(c2ccccc2)C(=O)O1. The van der Waals surface area contributed by atoms with E-state index in [1.165, 1.54) is 4.90 Å². The molecular weight excluding hydrogens is 500 g/mol. The summed E-state index contributed by atoms with van der Waals surface area (Å²) in [6, 6.07) is 17.7. The molecule has 2 heterocycles. The number of alkyl carbamates (subject to hydrolysis) is 1. The first-order valence-electron chi connectivity index (χ1n) is 13.5. The molecule has 0 saturated carbocycles. The maximum Gasteiger partial charge on any atom is 0.415 e. The first kappa shape index (κ1) is 28.4. The lowest BCUT2D eigenvalue weighted by molar-refractivity contribution is -0.139. The minimum Gasteiger partial charge on any atom is -0.444 e. The fourth-order valence-corrected chi connectivity index (χ4v) is 4.81. The van der Waals surface area contributed by atoms with Crippen LogP contribution < -0.4 is 16.0 Å². The van der Waals surface area contributed by atoms with Crippen LogP contribution >= 0.6 is 0 Å². The fourth-order valence-electron chi connectivity index (χ4n) is 4.81. The highest BCUT2D eigenvalue weighted by atomic mass is 16.6. The Hall–Kier alpha value is -3.63. The molecule has 3 N–H and O–H groups in total. The Kier molecular flexibility index (Phi) is 9.78. The van der Waals surface area contributed by atoms with Crippen molar-refractivity contribution < 1.29 is 28.6 Å². The first-order chi connectivity index (χ1) is 18.8. The molecule has 0 spiro atoms. The minimum atomic E-state index is -0.948. The summed E-state index contributed by atoms with van der Waals surface area (Å²) < 4.78 is 16.3. The molecule has 2 aliphatic heterocycles. The summed E-state index contributed by atoms with van der Waals surface area (Å²) >= 11 is 0. The molecule has 3 amide bonds. The zero-order valence-corrected chi connectivity index (χ0v) is 22.5. The van der Waals surface area contributed by atoms with E-state index >= 15 is 0 Å². The molecule has 210 valence electrons. The van der Waals surface area contributed by atoms with Crippen LogP contribution in [0.15, 0.2) is 60.7 Å². The number of ether oxygens (including phenoxy) is 3. The van der Waals surface area contributed by atoms with Crippen molar-refractivity contribution in [3.05, 3.63) is 66.2 Å². The van der Waals surface area contributed by atoms with Crippen LogP contribution in [0.2, 0.25) is 0 Å². The Bertz CT molecular complexity index is 1090. The number of nitrogens with two attached hydrogens (primary N) is 1. The Labute approximate surface area is 229 Å². The van der Waals surface area contributed by atoms with E-state index in [1.54, 1.807) is 17.0 Å². The van der Waals surface area contributed by atoms with Gasteiger partial charge >= 0.3 is 12.2 Å². The smallest absolute Gasteiger partial charge is 0.415 e. The van der Waals surface area contributed by atoms with E-state index in [2.05, 4.69) is 5.32 Å². The van der Waals surface area contributed by atoms with Crippen molar-refractivity contribution >= 4 is 23.8 Å². The number of amides is 3. The van der Waals surface area contributed by atoms with E-state index in [0.717, 1.165) is 5.56 Å². The molecule has 2 fully saturated rings. The van der Waals surface area contributed by atoms with Crippen molar-refractivity contribution in [2.75, 3.05) is 37.7 Å². The molecule has 0 radical (unpaired) electrons. The molecular formula is C29H38N4O6. The summed E-state index contributed by atoms with van der Waals surface area (Å²) in [6.45, 7) is 5.65. The minimum absolute atomic E-state index is 0.118. The number of carbonyl (C=O) groups is 3. The van der Waals surface area contributed by atoms with Crippen LogP contribution in [0.3, 0.4) is 0 Å². The van der Waals surface area contributed by atoms with Gasteiger partial charge in [0.2, 0.25) is 0 Å². The number of para-hydroxylation sites is 1. The summed E-state index contributed by atoms with van der Waals surface area (Å²) in [5.74, 6) is -0.161. The van der Waals surface area contributed by atoms with Crippen LogP contribution in [-0.2, 0) is 25.4 Å². The van der Waals surface area contributed by atoms with Gasteiger partial charge in [-0.05, 0) is 30.0 Å². The summed E-state index contributed by atoms with van der Waals surface area (Å²) in [5.41, 5.74) is 8.34. The van der Waals surface area contributed by atoms with Crippen molar-refractivity contribution in [3.63, 3.8) is 0 Å². The van der Waals surface area contributed by atoms with E-state index in [4.69, 9.17) is 19.9 Å². The second-order valence-electron chi connectivity index (χ2n) is 10.5. The number of cyclic esters (lactones) is 1. The van der Waals surface area contributed by atoms with Gasteiger partial charge < -0.3 is 30.2 Å². The van der Waals surface area contributed by atoms with Gasteiger partial charge in [-0.1, -0.05) is 62.4 Å². The van der Waals surface area contributed by atoms with E-state index < -0.39 is 30.4 Å². The number of benzene rings is 2. The third-order valence-electron chi connectivity index (χ3n) is 6.76. The lowest BCUT2D eigenvalue weighted by atomic mass is 9.99. The number of nitrogens with zero attached hydrogens (tertiary/aromatic N) is 2. The van der Waals surface area contributed by atoms with Gasteiger partial charge in [0.25, 0.3) is 5.91 Å². The third kappa shape index (κ3) is 7.93. The van der Waals surface area contributed by atoms with E-state index in [0.29, 0.717) is 38.3 Å². The largest absolute Gasteiger partial charge is 0.444 e. The maximum absolute atomic E-state index is 13.6. The zero-order chi connectivity index (χ0) is 27.8. The molecule has 4 rings (SSSR count). The van der Waals surface area contributed by atoms with Crippen LogP contribution in [0, 0.1) is 5.92 Å². The zero-order valence-electron chi connectivity index (χ0n) is 22.5.